The van der Waals surface area contributed by atoms with E-state index >= 15 is 0 Å². The number of nitrogens with one attached hydrogen (secondary N) is 3. The number of para-hydroxylation sites is 1. The van der Waals surface area contributed by atoms with E-state index in [9.17, 15) is 13.2 Å². The fraction of sp³-hybridized carbons (Fsp3) is 0.179. The third-order valence-electron chi connectivity index (χ3n) is 6.12. The Morgan fingerprint density at radius 1 is 1.00 bits per heavy atom. The van der Waals surface area contributed by atoms with Crippen molar-refractivity contribution in [1.29, 1.82) is 0 Å². The number of nitrogens with zero attached hydrogens (tertiary/aromatic N) is 3. The van der Waals surface area contributed by atoms with Crippen LogP contribution in [0.2, 0.25) is 5.02 Å². The van der Waals surface area contributed by atoms with Crippen LogP contribution in [0.25, 0.3) is 11.1 Å². The van der Waals surface area contributed by atoms with Crippen LogP contribution in [-0.4, -0.2) is 56.9 Å². The summed E-state index contributed by atoms with van der Waals surface area (Å²) in [6, 6.07) is 17.6. The van der Waals surface area contributed by atoms with Crippen molar-refractivity contribution in [1.82, 2.24) is 19.6 Å². The number of benzene rings is 3. The van der Waals surface area contributed by atoms with Crippen LogP contribution >= 0.6 is 11.6 Å². The molecule has 0 aliphatic carbocycles. The zero-order valence-corrected chi connectivity index (χ0v) is 24.2. The topological polar surface area (TPSA) is 126 Å². The van der Waals surface area contributed by atoms with Gasteiger partial charge in [-0.25, -0.2) is 17.7 Å². The molecule has 0 atom stereocenters. The average molecular weight is 581 g/mol. The Morgan fingerprint density at radius 3 is 2.35 bits per heavy atom. The number of hydrogen-bond acceptors (Lipinski definition) is 8. The van der Waals surface area contributed by atoms with E-state index in [0.29, 0.717) is 22.7 Å². The lowest BCUT2D eigenvalue weighted by molar-refractivity contribution is 0.0963. The third-order valence-corrected chi connectivity index (χ3v) is 8.27. The molecule has 3 N–H and O–H groups in total. The molecule has 4 aromatic rings. The van der Waals surface area contributed by atoms with Gasteiger partial charge in [-0.2, -0.15) is 4.98 Å². The monoisotopic (exact) mass is 580 g/mol. The molecule has 40 heavy (non-hydrogen) atoms. The van der Waals surface area contributed by atoms with Crippen LogP contribution in [0.5, 0.6) is 5.75 Å². The lowest BCUT2D eigenvalue weighted by Crippen LogP contribution is -2.23. The lowest BCUT2D eigenvalue weighted by Gasteiger charge is -2.17. The molecule has 0 bridgehead atoms. The number of methoxy groups -OCH3 is 1. The molecule has 1 amide bonds. The van der Waals surface area contributed by atoms with Gasteiger partial charge < -0.3 is 20.7 Å². The van der Waals surface area contributed by atoms with E-state index in [1.807, 2.05) is 31.2 Å². The maximum atomic E-state index is 12.8. The van der Waals surface area contributed by atoms with Crippen LogP contribution in [-0.2, 0) is 10.0 Å². The highest BCUT2D eigenvalue weighted by molar-refractivity contribution is 7.89. The molecule has 1 heterocycles. The second-order valence-electron chi connectivity index (χ2n) is 8.95. The van der Waals surface area contributed by atoms with Gasteiger partial charge in [0.25, 0.3) is 5.91 Å². The van der Waals surface area contributed by atoms with E-state index in [2.05, 4.69) is 25.9 Å². The Kier molecular flexibility index (Phi) is 8.58. The molecule has 0 fully saturated rings. The summed E-state index contributed by atoms with van der Waals surface area (Å²) in [4.78, 5) is 20.7. The van der Waals surface area contributed by atoms with Gasteiger partial charge in [0.2, 0.25) is 16.0 Å². The first-order valence-electron chi connectivity index (χ1n) is 12.1. The van der Waals surface area contributed by atoms with Crippen LogP contribution in [0.1, 0.15) is 15.9 Å². The van der Waals surface area contributed by atoms with Crippen molar-refractivity contribution < 1.29 is 17.9 Å². The molecule has 0 aliphatic rings. The number of rotatable bonds is 9. The van der Waals surface area contributed by atoms with E-state index in [1.165, 1.54) is 26.4 Å². The summed E-state index contributed by atoms with van der Waals surface area (Å²) in [6.07, 6.45) is 1.42. The predicted octanol–water partition coefficient (Wildman–Crippen LogP) is 5.21. The fourth-order valence-electron chi connectivity index (χ4n) is 3.97. The first-order chi connectivity index (χ1) is 19.0. The molecule has 0 saturated heterocycles. The average Bonchev–Trinajstić information content (AvgIpc) is 2.95. The van der Waals surface area contributed by atoms with E-state index in [1.54, 1.807) is 44.5 Å². The second-order valence-corrected chi connectivity index (χ2v) is 11.5. The van der Waals surface area contributed by atoms with Gasteiger partial charge >= 0.3 is 0 Å². The van der Waals surface area contributed by atoms with E-state index in [-0.39, 0.29) is 27.6 Å². The standard InChI is InChI=1S/C28H29ClN6O4S/c1-17-14-23(24(39-5)15-20(17)18-10-12-19(13-11-18)27(36)30-2)33-28-31-16-21(29)26(34-28)32-22-8-6-7-9-25(22)40(37,38)35(3)4/h6-16H,1-5H3,(H,30,36)(H2,31,32,33,34). The van der Waals surface area contributed by atoms with E-state index < -0.39 is 10.0 Å². The zero-order valence-electron chi connectivity index (χ0n) is 22.6. The molecule has 12 heteroatoms. The van der Waals surface area contributed by atoms with Gasteiger partial charge in [-0.05, 0) is 60.0 Å². The lowest BCUT2D eigenvalue weighted by atomic mass is 9.98. The number of anilines is 4. The number of ether oxygens (including phenoxy) is 1. The van der Waals surface area contributed by atoms with E-state index in [0.717, 1.165) is 21.0 Å². The molecule has 0 spiro atoms. The van der Waals surface area contributed by atoms with Crippen molar-refractivity contribution in [2.45, 2.75) is 11.8 Å². The van der Waals surface area contributed by atoms with Gasteiger partial charge in [-0.3, -0.25) is 4.79 Å². The Labute approximate surface area is 238 Å². The summed E-state index contributed by atoms with van der Waals surface area (Å²) in [5.74, 6) is 0.843. The summed E-state index contributed by atoms with van der Waals surface area (Å²) >= 11 is 6.37. The van der Waals surface area contributed by atoms with Crippen LogP contribution in [0.4, 0.5) is 23.1 Å². The fourth-order valence-corrected chi connectivity index (χ4v) is 5.14. The summed E-state index contributed by atoms with van der Waals surface area (Å²) in [5, 5.41) is 9.02. The first-order valence-corrected chi connectivity index (χ1v) is 14.0. The summed E-state index contributed by atoms with van der Waals surface area (Å²) in [7, 11) is 2.37. The van der Waals surface area contributed by atoms with Gasteiger partial charge in [0.05, 0.1) is 24.7 Å². The normalized spacial score (nSPS) is 11.3. The van der Waals surface area contributed by atoms with Crippen LogP contribution in [0.15, 0.2) is 71.8 Å². The van der Waals surface area contributed by atoms with Crippen LogP contribution in [0.3, 0.4) is 0 Å². The number of amides is 1. The predicted molar refractivity (Wildman–Crippen MR) is 157 cm³/mol. The number of hydrogen-bond donors (Lipinski definition) is 3. The van der Waals surface area contributed by atoms with E-state index in [4.69, 9.17) is 16.3 Å². The highest BCUT2D eigenvalue weighted by Gasteiger charge is 2.22. The number of halogens is 1. The molecule has 0 saturated carbocycles. The van der Waals surface area contributed by atoms with Gasteiger partial charge in [0, 0.05) is 26.7 Å². The molecule has 4 rings (SSSR count). The number of aryl methyl sites for hydroxylation is 1. The molecular formula is C28H29ClN6O4S. The van der Waals surface area contributed by atoms with Gasteiger partial charge in [-0.1, -0.05) is 35.9 Å². The van der Waals surface area contributed by atoms with Crippen molar-refractivity contribution in [3.05, 3.63) is 83.0 Å². The summed E-state index contributed by atoms with van der Waals surface area (Å²) < 4.78 is 32.4. The largest absolute Gasteiger partial charge is 0.495 e. The molecule has 3 aromatic carbocycles. The van der Waals surface area contributed by atoms with Gasteiger partial charge in [0.1, 0.15) is 15.7 Å². The molecule has 0 unspecified atom stereocenters. The van der Waals surface area contributed by atoms with Crippen molar-refractivity contribution >= 4 is 50.7 Å². The minimum Gasteiger partial charge on any atom is -0.495 e. The molecule has 208 valence electrons. The number of carbonyl (C=O) groups is 1. The molecule has 10 nitrogen and oxygen atoms in total. The zero-order chi connectivity index (χ0) is 29.0. The SMILES string of the molecule is CNC(=O)c1ccc(-c2cc(OC)c(Nc3ncc(Cl)c(Nc4ccccc4S(=O)(=O)N(C)C)n3)cc2C)cc1. The van der Waals surface area contributed by atoms with Crippen molar-refractivity contribution in [2.75, 3.05) is 38.9 Å². The maximum Gasteiger partial charge on any atom is 0.251 e. The molecular weight excluding hydrogens is 552 g/mol. The molecule has 1 aromatic heterocycles. The van der Waals surface area contributed by atoms with Crippen LogP contribution in [0, 0.1) is 6.92 Å². The Morgan fingerprint density at radius 2 is 1.70 bits per heavy atom. The number of carbonyl (C=O) groups excluding carboxylic acids is 1. The van der Waals surface area contributed by atoms with Crippen LogP contribution < -0.4 is 20.7 Å². The first kappa shape index (κ1) is 28.8. The maximum absolute atomic E-state index is 12.8. The Hall–Kier alpha value is -4.19. The summed E-state index contributed by atoms with van der Waals surface area (Å²) in [6.45, 7) is 1.96. The molecule has 0 aliphatic heterocycles. The van der Waals surface area contributed by atoms with Crippen molar-refractivity contribution in [3.8, 4) is 16.9 Å². The van der Waals surface area contributed by atoms with Gasteiger partial charge in [-0.15, -0.1) is 0 Å². The minimum absolute atomic E-state index is 0.0837. The molecule has 0 radical (unpaired) electrons. The summed E-state index contributed by atoms with van der Waals surface area (Å²) in [5.41, 5.74) is 4.32. The highest BCUT2D eigenvalue weighted by Crippen LogP contribution is 2.36. The third kappa shape index (κ3) is 6.01. The minimum atomic E-state index is -3.72. The van der Waals surface area contributed by atoms with Crippen molar-refractivity contribution in [3.63, 3.8) is 0 Å². The second kappa shape index (κ2) is 11.9. The van der Waals surface area contributed by atoms with Crippen molar-refractivity contribution in [2.24, 2.45) is 0 Å². The number of sulfonamides is 1. The highest BCUT2D eigenvalue weighted by atomic mass is 35.5. The quantitative estimate of drug-likeness (QED) is 0.246. The smallest absolute Gasteiger partial charge is 0.251 e. The Balaban J connectivity index is 1.64. The van der Waals surface area contributed by atoms with Gasteiger partial charge in [0.15, 0.2) is 5.82 Å². The Bertz CT molecular complexity index is 1660. The number of aromatic nitrogens is 2.